The first kappa shape index (κ1) is 15.8. The van der Waals surface area contributed by atoms with E-state index in [0.29, 0.717) is 25.8 Å². The predicted octanol–water partition coefficient (Wildman–Crippen LogP) is 1.12. The number of ether oxygens (including phenoxy) is 1. The van der Waals surface area contributed by atoms with Gasteiger partial charge in [-0.05, 0) is 36.1 Å². The summed E-state index contributed by atoms with van der Waals surface area (Å²) in [5, 5.41) is 0. The van der Waals surface area contributed by atoms with E-state index < -0.39 is 10.0 Å². The van der Waals surface area contributed by atoms with Crippen molar-refractivity contribution in [3.63, 3.8) is 0 Å². The highest BCUT2D eigenvalue weighted by atomic mass is 32.2. The number of sulfonamides is 1. The topological polar surface area (TPSA) is 101 Å². The number of carbonyl (C=O) groups excluding carboxylic acids is 1. The molecule has 0 spiro atoms. The standard InChI is InChI=1S/C16H16N4O4S/c1-24-16-17-8-12(9-18-16)19-25(22,23)13-6-10-2-3-14(21)20-5-4-11(7-13)15(10)20/h6-9,19H,2-5H2,1H3. The maximum absolute atomic E-state index is 12.7. The van der Waals surface area contributed by atoms with Gasteiger partial charge in [0.2, 0.25) is 5.91 Å². The van der Waals surface area contributed by atoms with Crippen molar-refractivity contribution in [2.75, 3.05) is 23.3 Å². The van der Waals surface area contributed by atoms with E-state index >= 15 is 0 Å². The van der Waals surface area contributed by atoms with Crippen molar-refractivity contribution in [2.45, 2.75) is 24.2 Å². The van der Waals surface area contributed by atoms with Crippen LogP contribution in [0.2, 0.25) is 0 Å². The summed E-state index contributed by atoms with van der Waals surface area (Å²) in [5.74, 6) is 0.107. The van der Waals surface area contributed by atoms with Gasteiger partial charge in [-0.1, -0.05) is 0 Å². The minimum atomic E-state index is -3.77. The Morgan fingerprint density at radius 2 is 1.80 bits per heavy atom. The summed E-state index contributed by atoms with van der Waals surface area (Å²) in [6.07, 6.45) is 4.34. The van der Waals surface area contributed by atoms with Crippen LogP contribution in [0, 0.1) is 0 Å². The third-order valence-corrected chi connectivity index (χ3v) is 5.76. The van der Waals surface area contributed by atoms with E-state index in [4.69, 9.17) is 4.74 Å². The van der Waals surface area contributed by atoms with Crippen LogP contribution in [0.1, 0.15) is 17.5 Å². The number of nitrogens with zero attached hydrogens (tertiary/aromatic N) is 3. The van der Waals surface area contributed by atoms with Crippen molar-refractivity contribution >= 4 is 27.3 Å². The molecular formula is C16H16N4O4S. The monoisotopic (exact) mass is 360 g/mol. The van der Waals surface area contributed by atoms with Gasteiger partial charge < -0.3 is 9.64 Å². The van der Waals surface area contributed by atoms with Crippen molar-refractivity contribution in [1.29, 1.82) is 0 Å². The smallest absolute Gasteiger partial charge is 0.316 e. The quantitative estimate of drug-likeness (QED) is 0.877. The highest BCUT2D eigenvalue weighted by molar-refractivity contribution is 7.92. The third-order valence-electron chi connectivity index (χ3n) is 4.40. The van der Waals surface area contributed by atoms with Crippen LogP contribution >= 0.6 is 0 Å². The molecule has 0 atom stereocenters. The van der Waals surface area contributed by atoms with E-state index in [1.165, 1.54) is 19.5 Å². The van der Waals surface area contributed by atoms with Gasteiger partial charge in [-0.3, -0.25) is 9.52 Å². The van der Waals surface area contributed by atoms with Crippen LogP contribution in [0.15, 0.2) is 29.4 Å². The number of rotatable bonds is 4. The number of carbonyl (C=O) groups is 1. The highest BCUT2D eigenvalue weighted by Crippen LogP contribution is 2.38. The van der Waals surface area contributed by atoms with E-state index in [1.54, 1.807) is 17.0 Å². The normalized spacial score (nSPS) is 15.9. The first-order valence-electron chi connectivity index (χ1n) is 7.83. The Morgan fingerprint density at radius 1 is 1.12 bits per heavy atom. The molecule has 0 saturated heterocycles. The van der Waals surface area contributed by atoms with Gasteiger partial charge in [0, 0.05) is 13.0 Å². The number of nitrogens with one attached hydrogen (secondary N) is 1. The minimum absolute atomic E-state index is 0.107. The van der Waals surface area contributed by atoms with Crippen molar-refractivity contribution < 1.29 is 17.9 Å². The molecule has 0 saturated carbocycles. The van der Waals surface area contributed by atoms with Crippen molar-refractivity contribution in [1.82, 2.24) is 9.97 Å². The summed E-state index contributed by atoms with van der Waals surface area (Å²) < 4.78 is 32.8. The molecule has 1 N–H and O–H groups in total. The average Bonchev–Trinajstić information content (AvgIpc) is 3.04. The lowest BCUT2D eigenvalue weighted by Crippen LogP contribution is -2.33. The minimum Gasteiger partial charge on any atom is -0.467 e. The molecule has 0 aliphatic carbocycles. The predicted molar refractivity (Wildman–Crippen MR) is 90.2 cm³/mol. The molecule has 25 heavy (non-hydrogen) atoms. The lowest BCUT2D eigenvalue weighted by atomic mass is 10.00. The van der Waals surface area contributed by atoms with Crippen LogP contribution in [0.3, 0.4) is 0 Å². The molecular weight excluding hydrogens is 344 g/mol. The molecule has 0 radical (unpaired) electrons. The van der Waals surface area contributed by atoms with E-state index in [9.17, 15) is 13.2 Å². The van der Waals surface area contributed by atoms with Gasteiger partial charge in [-0.2, -0.15) is 0 Å². The molecule has 1 aromatic heterocycles. The van der Waals surface area contributed by atoms with Gasteiger partial charge in [0.05, 0.1) is 35.8 Å². The largest absolute Gasteiger partial charge is 0.467 e. The second-order valence-corrected chi connectivity index (χ2v) is 7.63. The van der Waals surface area contributed by atoms with Gasteiger partial charge in [0.15, 0.2) is 0 Å². The molecule has 2 aliphatic rings. The van der Waals surface area contributed by atoms with Crippen LogP contribution in [0.5, 0.6) is 6.01 Å². The number of anilines is 2. The zero-order valence-electron chi connectivity index (χ0n) is 13.5. The Hall–Kier alpha value is -2.68. The summed E-state index contributed by atoms with van der Waals surface area (Å²) in [5.41, 5.74) is 2.95. The van der Waals surface area contributed by atoms with E-state index in [0.717, 1.165) is 16.8 Å². The Kier molecular flexibility index (Phi) is 3.60. The maximum atomic E-state index is 12.7. The van der Waals surface area contributed by atoms with Gasteiger partial charge in [-0.15, -0.1) is 0 Å². The second kappa shape index (κ2) is 5.69. The first-order valence-corrected chi connectivity index (χ1v) is 9.31. The van der Waals surface area contributed by atoms with Crippen molar-refractivity contribution in [2.24, 2.45) is 0 Å². The van der Waals surface area contributed by atoms with E-state index in [2.05, 4.69) is 14.7 Å². The third kappa shape index (κ3) is 2.70. The fourth-order valence-corrected chi connectivity index (χ4v) is 4.40. The Bertz CT molecular complexity index is 957. The van der Waals surface area contributed by atoms with E-state index in [-0.39, 0.29) is 22.5 Å². The zero-order chi connectivity index (χ0) is 17.6. The lowest BCUT2D eigenvalue weighted by Gasteiger charge is -2.25. The summed E-state index contributed by atoms with van der Waals surface area (Å²) in [7, 11) is -2.33. The number of amides is 1. The number of methoxy groups -OCH3 is 1. The number of hydrogen-bond donors (Lipinski definition) is 1. The molecule has 2 aliphatic heterocycles. The SMILES string of the molecule is COc1ncc(NS(=O)(=O)c2cc3c4c(c2)CCN4C(=O)CC3)cn1. The molecule has 2 aromatic rings. The lowest BCUT2D eigenvalue weighted by molar-refractivity contribution is -0.118. The zero-order valence-corrected chi connectivity index (χ0v) is 14.3. The molecule has 0 fully saturated rings. The number of hydrogen-bond acceptors (Lipinski definition) is 6. The fraction of sp³-hybridized carbons (Fsp3) is 0.312. The highest BCUT2D eigenvalue weighted by Gasteiger charge is 2.32. The summed E-state index contributed by atoms with van der Waals surface area (Å²) in [6.45, 7) is 0.615. The van der Waals surface area contributed by atoms with Crippen molar-refractivity contribution in [3.8, 4) is 6.01 Å². The van der Waals surface area contributed by atoms with Crippen LogP contribution in [-0.2, 0) is 27.7 Å². The molecule has 1 amide bonds. The molecule has 0 bridgehead atoms. The Labute approximate surface area is 144 Å². The Balaban J connectivity index is 1.68. The van der Waals surface area contributed by atoms with Crippen LogP contribution < -0.4 is 14.4 Å². The molecule has 8 nitrogen and oxygen atoms in total. The number of aryl methyl sites for hydroxylation is 1. The van der Waals surface area contributed by atoms with Gasteiger partial charge in [-0.25, -0.2) is 18.4 Å². The summed E-state index contributed by atoms with van der Waals surface area (Å²) in [6, 6.07) is 3.45. The van der Waals surface area contributed by atoms with Crippen LogP contribution in [-0.4, -0.2) is 37.9 Å². The Morgan fingerprint density at radius 3 is 2.48 bits per heavy atom. The van der Waals surface area contributed by atoms with E-state index in [1.807, 2.05) is 0 Å². The van der Waals surface area contributed by atoms with Crippen molar-refractivity contribution in [3.05, 3.63) is 35.7 Å². The molecule has 4 rings (SSSR count). The second-order valence-electron chi connectivity index (χ2n) is 5.95. The van der Waals surface area contributed by atoms with Gasteiger partial charge >= 0.3 is 6.01 Å². The van der Waals surface area contributed by atoms with Crippen LogP contribution in [0.4, 0.5) is 11.4 Å². The van der Waals surface area contributed by atoms with Gasteiger partial charge in [0.1, 0.15) is 0 Å². The maximum Gasteiger partial charge on any atom is 0.316 e. The summed E-state index contributed by atoms with van der Waals surface area (Å²) in [4.78, 5) is 21.7. The summed E-state index contributed by atoms with van der Waals surface area (Å²) >= 11 is 0. The number of aromatic nitrogens is 2. The van der Waals surface area contributed by atoms with Crippen LogP contribution in [0.25, 0.3) is 0 Å². The fourth-order valence-electron chi connectivity index (χ4n) is 3.27. The van der Waals surface area contributed by atoms with Gasteiger partial charge in [0.25, 0.3) is 10.0 Å². The molecule has 0 unspecified atom stereocenters. The number of benzene rings is 1. The molecule has 9 heteroatoms. The first-order chi connectivity index (χ1) is 12.0. The molecule has 130 valence electrons. The average molecular weight is 360 g/mol. The molecule has 3 heterocycles. The molecule has 1 aromatic carbocycles.